The molecule has 1 aliphatic rings. The molecule has 0 saturated heterocycles. The predicted octanol–water partition coefficient (Wildman–Crippen LogP) is 3.87. The first-order chi connectivity index (χ1) is 16.6. The molecule has 0 fully saturated rings. The summed E-state index contributed by atoms with van der Waals surface area (Å²) in [7, 11) is 3.88. The van der Waals surface area contributed by atoms with Gasteiger partial charge in [0.05, 0.1) is 6.61 Å². The summed E-state index contributed by atoms with van der Waals surface area (Å²) in [5.41, 5.74) is 1.54. The molecule has 1 aromatic carbocycles. The van der Waals surface area contributed by atoms with Gasteiger partial charge in [0.2, 0.25) is 0 Å². The maximum absolute atomic E-state index is 13.2. The second-order valence-corrected chi connectivity index (χ2v) is 9.11. The van der Waals surface area contributed by atoms with Gasteiger partial charge in [-0.3, -0.25) is 4.79 Å². The number of hydrogen-bond donors (Lipinski definition) is 1. The van der Waals surface area contributed by atoms with Crippen LogP contribution in [0.3, 0.4) is 0 Å². The standard InChI is InChI=1S/C25H31N5O3S.H2S/c1-4-32-25-27-16-20-23(28-25)29(3)13-14-30(24(20)31)17-18-7-9-19(10-8-18)33-21(11-12-26-2)22-6-5-15-34-22;/h5-10,15-16,21,26H,4,11-14,17H2,1-3H3;1H2/t21-;/m0./s1. The van der Waals surface area contributed by atoms with Crippen molar-refractivity contribution in [2.75, 3.05) is 45.2 Å². The lowest BCUT2D eigenvalue weighted by Gasteiger charge is -2.22. The van der Waals surface area contributed by atoms with Gasteiger partial charge in [-0.2, -0.15) is 18.5 Å². The summed E-state index contributed by atoms with van der Waals surface area (Å²) in [5, 5.41) is 5.27. The minimum atomic E-state index is -0.0763. The Bertz CT molecular complexity index is 1080. The maximum Gasteiger partial charge on any atom is 0.318 e. The van der Waals surface area contributed by atoms with Crippen LogP contribution < -0.4 is 19.7 Å². The third kappa shape index (κ3) is 6.65. The first-order valence-corrected chi connectivity index (χ1v) is 12.4. The van der Waals surface area contributed by atoms with Crippen molar-refractivity contribution in [2.24, 2.45) is 0 Å². The van der Waals surface area contributed by atoms with Crippen molar-refractivity contribution in [1.29, 1.82) is 0 Å². The molecule has 1 atom stereocenters. The van der Waals surface area contributed by atoms with Crippen molar-refractivity contribution in [3.05, 3.63) is 64.0 Å². The van der Waals surface area contributed by atoms with Crippen molar-refractivity contribution >= 4 is 36.6 Å². The van der Waals surface area contributed by atoms with Gasteiger partial charge in [0.15, 0.2) is 0 Å². The summed E-state index contributed by atoms with van der Waals surface area (Å²) in [5.74, 6) is 1.35. The molecule has 3 heterocycles. The van der Waals surface area contributed by atoms with Crippen molar-refractivity contribution in [2.45, 2.75) is 26.0 Å². The van der Waals surface area contributed by atoms with Crippen LogP contribution in [0.25, 0.3) is 0 Å². The fraction of sp³-hybridized carbons (Fsp3) is 0.400. The molecule has 0 radical (unpaired) electrons. The van der Waals surface area contributed by atoms with Crippen LogP contribution in [0.5, 0.6) is 11.8 Å². The first-order valence-electron chi connectivity index (χ1n) is 11.5. The minimum absolute atomic E-state index is 0. The van der Waals surface area contributed by atoms with E-state index >= 15 is 0 Å². The van der Waals surface area contributed by atoms with E-state index in [0.29, 0.717) is 43.6 Å². The smallest absolute Gasteiger partial charge is 0.318 e. The lowest BCUT2D eigenvalue weighted by molar-refractivity contribution is 0.0754. The van der Waals surface area contributed by atoms with Gasteiger partial charge in [-0.1, -0.05) is 18.2 Å². The molecular formula is C25H33N5O3S2. The number of aromatic nitrogens is 2. The SMILES string of the molecule is CCOc1ncc2c(n1)N(C)CCN(Cc1ccc(O[C@@H](CCNC)c3cccs3)cc1)C2=O.S. The highest BCUT2D eigenvalue weighted by Crippen LogP contribution is 2.29. The van der Waals surface area contributed by atoms with Gasteiger partial charge >= 0.3 is 6.01 Å². The molecule has 1 N–H and O–H groups in total. The second-order valence-electron chi connectivity index (χ2n) is 8.13. The van der Waals surface area contributed by atoms with Crippen LogP contribution in [0.4, 0.5) is 5.82 Å². The quantitative estimate of drug-likeness (QED) is 0.439. The van der Waals surface area contributed by atoms with E-state index in [4.69, 9.17) is 9.47 Å². The van der Waals surface area contributed by atoms with Crippen molar-refractivity contribution in [3.63, 3.8) is 0 Å². The van der Waals surface area contributed by atoms with E-state index in [1.807, 2.05) is 55.1 Å². The summed E-state index contributed by atoms with van der Waals surface area (Å²) < 4.78 is 11.7. The fourth-order valence-electron chi connectivity index (χ4n) is 3.86. The predicted molar refractivity (Wildman–Crippen MR) is 144 cm³/mol. The van der Waals surface area contributed by atoms with E-state index < -0.39 is 0 Å². The van der Waals surface area contributed by atoms with Crippen molar-refractivity contribution in [3.8, 4) is 11.8 Å². The summed E-state index contributed by atoms with van der Waals surface area (Å²) in [6.45, 7) is 5.02. The van der Waals surface area contributed by atoms with E-state index in [1.165, 1.54) is 4.88 Å². The summed E-state index contributed by atoms with van der Waals surface area (Å²) in [6, 6.07) is 12.5. The number of amides is 1. The minimum Gasteiger partial charge on any atom is -0.485 e. The fourth-order valence-corrected chi connectivity index (χ4v) is 4.65. The number of benzene rings is 1. The van der Waals surface area contributed by atoms with Crippen LogP contribution in [0.15, 0.2) is 48.0 Å². The molecule has 1 aliphatic heterocycles. The van der Waals surface area contributed by atoms with Crippen LogP contribution in [0.2, 0.25) is 0 Å². The Kier molecular flexibility index (Phi) is 9.76. The Hall–Kier alpha value is -2.82. The van der Waals surface area contributed by atoms with Crippen molar-refractivity contribution < 1.29 is 14.3 Å². The number of nitrogens with one attached hydrogen (secondary N) is 1. The number of fused-ring (bicyclic) bond motifs is 1. The molecule has 0 bridgehead atoms. The van der Waals surface area contributed by atoms with Gasteiger partial charge in [0.25, 0.3) is 5.91 Å². The van der Waals surface area contributed by atoms with Crippen LogP contribution in [0.1, 0.15) is 40.2 Å². The number of hydrogen-bond acceptors (Lipinski definition) is 8. The van der Waals surface area contributed by atoms with Gasteiger partial charge in [0.1, 0.15) is 23.2 Å². The highest BCUT2D eigenvalue weighted by molar-refractivity contribution is 7.59. The molecule has 188 valence electrons. The molecule has 1 amide bonds. The average Bonchev–Trinajstić information content (AvgIpc) is 3.36. The molecule has 0 aliphatic carbocycles. The zero-order valence-corrected chi connectivity index (χ0v) is 22.2. The first kappa shape index (κ1) is 26.8. The normalized spacial score (nSPS) is 14.1. The monoisotopic (exact) mass is 515 g/mol. The number of carbonyl (C=O) groups excluding carboxylic acids is 1. The summed E-state index contributed by atoms with van der Waals surface area (Å²) in [4.78, 5) is 26.9. The lowest BCUT2D eigenvalue weighted by Crippen LogP contribution is -2.33. The Labute approximate surface area is 217 Å². The zero-order valence-electron chi connectivity index (χ0n) is 20.4. The number of anilines is 1. The molecule has 0 unspecified atom stereocenters. The van der Waals surface area contributed by atoms with Crippen LogP contribution in [-0.4, -0.2) is 61.1 Å². The molecule has 2 aromatic heterocycles. The Morgan fingerprint density at radius 2 is 2.00 bits per heavy atom. The van der Waals surface area contributed by atoms with E-state index in [0.717, 1.165) is 24.3 Å². The highest BCUT2D eigenvalue weighted by atomic mass is 32.1. The van der Waals surface area contributed by atoms with Gasteiger partial charge in [-0.15, -0.1) is 11.3 Å². The van der Waals surface area contributed by atoms with Crippen LogP contribution >= 0.6 is 24.8 Å². The topological polar surface area (TPSA) is 79.8 Å². The largest absolute Gasteiger partial charge is 0.485 e. The Morgan fingerprint density at radius 1 is 1.20 bits per heavy atom. The molecule has 0 saturated carbocycles. The number of nitrogens with zero attached hydrogens (tertiary/aromatic N) is 4. The van der Waals surface area contributed by atoms with Gasteiger partial charge < -0.3 is 24.6 Å². The Balaban J connectivity index is 0.00000342. The molecule has 8 nitrogen and oxygen atoms in total. The lowest BCUT2D eigenvalue weighted by atomic mass is 10.1. The van der Waals surface area contributed by atoms with Gasteiger partial charge in [0, 0.05) is 44.2 Å². The number of rotatable bonds is 10. The van der Waals surface area contributed by atoms with Crippen LogP contribution in [0, 0.1) is 0 Å². The highest BCUT2D eigenvalue weighted by Gasteiger charge is 2.27. The molecular weight excluding hydrogens is 482 g/mol. The third-order valence-corrected chi connectivity index (χ3v) is 6.66. The molecule has 0 spiro atoms. The summed E-state index contributed by atoms with van der Waals surface area (Å²) in [6.07, 6.45) is 2.47. The number of likely N-dealkylation sites (N-methyl/N-ethyl adjacent to an activating group) is 1. The van der Waals surface area contributed by atoms with E-state index in [1.54, 1.807) is 17.5 Å². The van der Waals surface area contributed by atoms with Gasteiger partial charge in [-0.25, -0.2) is 4.98 Å². The second kappa shape index (κ2) is 12.8. The molecule has 35 heavy (non-hydrogen) atoms. The molecule has 3 aromatic rings. The van der Waals surface area contributed by atoms with Crippen molar-refractivity contribution in [1.82, 2.24) is 20.2 Å². The average molecular weight is 516 g/mol. The number of ether oxygens (including phenoxy) is 2. The molecule has 10 heteroatoms. The van der Waals surface area contributed by atoms with E-state index in [2.05, 4.69) is 32.8 Å². The van der Waals surface area contributed by atoms with Crippen LogP contribution in [-0.2, 0) is 6.54 Å². The van der Waals surface area contributed by atoms with E-state index in [9.17, 15) is 4.79 Å². The number of thiophene rings is 1. The molecule has 4 rings (SSSR count). The van der Waals surface area contributed by atoms with E-state index in [-0.39, 0.29) is 25.5 Å². The third-order valence-electron chi connectivity index (χ3n) is 5.70. The maximum atomic E-state index is 13.2. The van der Waals surface area contributed by atoms with Gasteiger partial charge in [-0.05, 0) is 49.7 Å². The number of carbonyl (C=O) groups is 1. The summed E-state index contributed by atoms with van der Waals surface area (Å²) >= 11 is 1.71. The Morgan fingerprint density at radius 3 is 2.69 bits per heavy atom. The zero-order chi connectivity index (χ0) is 23.9.